The minimum atomic E-state index is -2.10. The van der Waals surface area contributed by atoms with E-state index in [2.05, 4.69) is 5.32 Å². The van der Waals surface area contributed by atoms with Gasteiger partial charge in [-0.25, -0.2) is 9.59 Å². The zero-order valence-corrected chi connectivity index (χ0v) is 21.1. The molecule has 2 unspecified atom stereocenters. The van der Waals surface area contributed by atoms with E-state index in [1.165, 1.54) is 48.6 Å². The molecule has 12 nitrogen and oxygen atoms in total. The Bertz CT molecular complexity index is 1350. The Hall–Kier alpha value is -4.55. The van der Waals surface area contributed by atoms with Crippen molar-refractivity contribution in [1.82, 2.24) is 5.32 Å². The number of aliphatic hydroxyl groups excluding tert-OH is 1. The molecule has 0 bridgehead atoms. The van der Waals surface area contributed by atoms with E-state index in [4.69, 9.17) is 9.47 Å². The van der Waals surface area contributed by atoms with Crippen molar-refractivity contribution in [2.75, 3.05) is 0 Å². The van der Waals surface area contributed by atoms with E-state index in [9.17, 15) is 45.0 Å². The van der Waals surface area contributed by atoms with Crippen molar-refractivity contribution < 1.29 is 54.5 Å². The van der Waals surface area contributed by atoms with Crippen LogP contribution >= 0.6 is 0 Å². The lowest BCUT2D eigenvalue weighted by Gasteiger charge is -2.41. The Morgan fingerprint density at radius 3 is 1.82 bits per heavy atom. The first-order valence-corrected chi connectivity index (χ1v) is 12.5. The molecule has 0 radical (unpaired) electrons. The van der Waals surface area contributed by atoms with Gasteiger partial charge in [-0.1, -0.05) is 12.1 Å². The highest BCUT2D eigenvalue weighted by Crippen LogP contribution is 2.34. The number of hydrogen-bond acceptors (Lipinski definition) is 11. The minimum Gasteiger partial charge on any atom is -0.504 e. The first kappa shape index (κ1) is 28.5. The van der Waals surface area contributed by atoms with Crippen LogP contribution in [-0.4, -0.2) is 78.4 Å². The molecule has 0 aromatic heterocycles. The average molecular weight is 556 g/mol. The van der Waals surface area contributed by atoms with Gasteiger partial charge in [-0.2, -0.15) is 0 Å². The molecule has 12 heteroatoms. The van der Waals surface area contributed by atoms with Gasteiger partial charge in [-0.3, -0.25) is 4.79 Å². The average Bonchev–Trinajstić information content (AvgIpc) is 3.71. The van der Waals surface area contributed by atoms with E-state index in [1.807, 2.05) is 0 Å². The van der Waals surface area contributed by atoms with Gasteiger partial charge in [0.2, 0.25) is 0 Å². The Morgan fingerprint density at radius 2 is 1.32 bits per heavy atom. The fraction of sp³-hybridized carbons (Fsp3) is 0.321. The van der Waals surface area contributed by atoms with Crippen LogP contribution in [0, 0.1) is 0 Å². The summed E-state index contributed by atoms with van der Waals surface area (Å²) in [4.78, 5) is 37.9. The molecule has 0 aliphatic heterocycles. The summed E-state index contributed by atoms with van der Waals surface area (Å²) >= 11 is 0. The monoisotopic (exact) mass is 555 g/mol. The number of phenols is 4. The molecule has 2 aromatic carbocycles. The van der Waals surface area contributed by atoms with Crippen molar-refractivity contribution in [2.45, 2.75) is 55.6 Å². The van der Waals surface area contributed by atoms with E-state index in [-0.39, 0.29) is 17.5 Å². The first-order chi connectivity index (χ1) is 18.9. The summed E-state index contributed by atoms with van der Waals surface area (Å²) in [6.07, 6.45) is 0.698. The third-order valence-corrected chi connectivity index (χ3v) is 6.51. The maximum atomic E-state index is 12.7. The van der Waals surface area contributed by atoms with Crippen LogP contribution in [0.4, 0.5) is 0 Å². The zero-order chi connectivity index (χ0) is 29.0. The summed E-state index contributed by atoms with van der Waals surface area (Å²) in [7, 11) is 0. The quantitative estimate of drug-likeness (QED) is 0.140. The summed E-state index contributed by atoms with van der Waals surface area (Å²) in [5.74, 6) is -4.12. The van der Waals surface area contributed by atoms with Gasteiger partial charge in [0.1, 0.15) is 11.7 Å². The number of phenolic OH excluding ortho intramolecular Hbond substituents is 4. The van der Waals surface area contributed by atoms with E-state index in [0.29, 0.717) is 11.1 Å². The van der Waals surface area contributed by atoms with E-state index < -0.39 is 66.1 Å². The van der Waals surface area contributed by atoms with Crippen LogP contribution in [0.25, 0.3) is 12.2 Å². The molecule has 2 aliphatic rings. The van der Waals surface area contributed by atoms with Crippen LogP contribution in [0.2, 0.25) is 0 Å². The third-order valence-electron chi connectivity index (χ3n) is 6.51. The molecule has 2 aliphatic carbocycles. The number of hydrogen-bond donors (Lipinski definition) is 7. The summed E-state index contributed by atoms with van der Waals surface area (Å²) in [6.45, 7) is 0. The predicted octanol–water partition coefficient (Wildman–Crippen LogP) is 1.22. The SMILES string of the molecule is O=C(/C=C/c1ccc(O)c(O)c1)OC1C[C@@](O)(C(=O)NC2CC2)C[C@@H](O)C1OC(=O)/C=C/c1ccc(O)c(O)c1. The predicted molar refractivity (Wildman–Crippen MR) is 139 cm³/mol. The van der Waals surface area contributed by atoms with Crippen LogP contribution in [0.1, 0.15) is 36.8 Å². The summed E-state index contributed by atoms with van der Waals surface area (Å²) in [5.41, 5.74) is -1.39. The fourth-order valence-electron chi connectivity index (χ4n) is 4.22. The molecule has 7 N–H and O–H groups in total. The number of rotatable bonds is 8. The van der Waals surface area contributed by atoms with Gasteiger partial charge in [0, 0.05) is 31.0 Å². The minimum absolute atomic E-state index is 0.0839. The Balaban J connectivity index is 1.50. The lowest BCUT2D eigenvalue weighted by Crippen LogP contribution is -2.60. The molecule has 0 heterocycles. The van der Waals surface area contributed by atoms with Crippen molar-refractivity contribution in [3.63, 3.8) is 0 Å². The highest BCUT2D eigenvalue weighted by atomic mass is 16.6. The molecule has 1 amide bonds. The van der Waals surface area contributed by atoms with Gasteiger partial charge in [-0.05, 0) is 60.4 Å². The van der Waals surface area contributed by atoms with Crippen LogP contribution in [0.3, 0.4) is 0 Å². The third kappa shape index (κ3) is 7.10. The number of benzene rings is 2. The maximum absolute atomic E-state index is 12.7. The largest absolute Gasteiger partial charge is 0.504 e. The molecule has 40 heavy (non-hydrogen) atoms. The molecular weight excluding hydrogens is 526 g/mol. The van der Waals surface area contributed by atoms with Gasteiger partial charge in [0.25, 0.3) is 5.91 Å². The van der Waals surface area contributed by atoms with E-state index in [0.717, 1.165) is 25.0 Å². The maximum Gasteiger partial charge on any atom is 0.331 e. The Morgan fingerprint density at radius 1 is 0.800 bits per heavy atom. The van der Waals surface area contributed by atoms with Gasteiger partial charge in [-0.15, -0.1) is 0 Å². The van der Waals surface area contributed by atoms with Gasteiger partial charge in [0.15, 0.2) is 29.1 Å². The Labute approximate surface area is 228 Å². The second-order valence-corrected chi connectivity index (χ2v) is 9.79. The molecular formula is C28H29NO11. The zero-order valence-electron chi connectivity index (χ0n) is 21.1. The van der Waals surface area contributed by atoms with Crippen LogP contribution in [-0.2, 0) is 23.9 Å². The van der Waals surface area contributed by atoms with Crippen molar-refractivity contribution in [3.05, 3.63) is 59.7 Å². The number of nitrogens with one attached hydrogen (secondary N) is 1. The smallest absolute Gasteiger partial charge is 0.331 e. The Kier molecular flexibility index (Phi) is 8.31. The number of esters is 2. The van der Waals surface area contributed by atoms with Gasteiger partial charge in [0.05, 0.1) is 6.10 Å². The van der Waals surface area contributed by atoms with E-state index in [1.54, 1.807) is 0 Å². The molecule has 2 saturated carbocycles. The molecule has 0 spiro atoms. The molecule has 4 atom stereocenters. The number of aliphatic hydroxyl groups is 2. The number of ether oxygens (including phenoxy) is 2. The second kappa shape index (κ2) is 11.7. The number of carbonyl (C=O) groups excluding carboxylic acids is 3. The summed E-state index contributed by atoms with van der Waals surface area (Å²) in [6, 6.07) is 7.62. The molecule has 0 saturated heterocycles. The normalized spacial score (nSPS) is 24.6. The summed E-state index contributed by atoms with van der Waals surface area (Å²) < 4.78 is 10.8. The molecule has 2 fully saturated rings. The summed E-state index contributed by atoms with van der Waals surface area (Å²) in [5, 5.41) is 62.6. The van der Waals surface area contributed by atoms with E-state index >= 15 is 0 Å². The first-order valence-electron chi connectivity index (χ1n) is 12.5. The second-order valence-electron chi connectivity index (χ2n) is 9.79. The molecule has 2 aromatic rings. The fourth-order valence-corrected chi connectivity index (χ4v) is 4.22. The molecule has 212 valence electrons. The lowest BCUT2D eigenvalue weighted by atomic mass is 9.78. The topological polar surface area (TPSA) is 203 Å². The van der Waals surface area contributed by atoms with Crippen molar-refractivity contribution in [3.8, 4) is 23.0 Å². The standard InChI is InChI=1S/C28H29NO11/c30-18-7-1-15(11-20(18)32)3-9-24(35)39-23-14-28(38,27(37)29-17-5-6-17)13-22(34)26(23)40-25(36)10-4-16-2-8-19(31)21(33)12-16/h1-4,7-12,17,22-23,26,30-34,38H,5-6,13-14H2,(H,29,37)/b9-3+,10-4+/t22-,23?,26?,28-/m1/s1. The lowest BCUT2D eigenvalue weighted by molar-refractivity contribution is -0.198. The molecule has 4 rings (SSSR count). The number of amides is 1. The van der Waals surface area contributed by atoms with Crippen LogP contribution < -0.4 is 5.32 Å². The number of aromatic hydroxyl groups is 4. The van der Waals surface area contributed by atoms with Crippen molar-refractivity contribution in [1.29, 1.82) is 0 Å². The highest BCUT2D eigenvalue weighted by Gasteiger charge is 2.52. The van der Waals surface area contributed by atoms with Crippen molar-refractivity contribution in [2.24, 2.45) is 0 Å². The number of carbonyl (C=O) groups is 3. The van der Waals surface area contributed by atoms with Crippen molar-refractivity contribution >= 4 is 30.0 Å². The van der Waals surface area contributed by atoms with Gasteiger partial charge >= 0.3 is 11.9 Å². The highest BCUT2D eigenvalue weighted by molar-refractivity contribution is 5.89. The van der Waals surface area contributed by atoms with Gasteiger partial charge < -0.3 is 45.4 Å². The van der Waals surface area contributed by atoms with Crippen LogP contribution in [0.5, 0.6) is 23.0 Å². The van der Waals surface area contributed by atoms with Crippen LogP contribution in [0.15, 0.2) is 48.6 Å².